The number of carbonyl (C=O) groups excluding carboxylic acids is 2. The molecule has 0 saturated heterocycles. The molecule has 0 heterocycles. The number of hydrogen-bond donors (Lipinski definition) is 2. The Hall–Kier alpha value is -1.88. The third kappa shape index (κ3) is 4.55. The third-order valence-corrected chi connectivity index (χ3v) is 4.41. The first-order valence-electron chi connectivity index (χ1n) is 8.10. The van der Waals surface area contributed by atoms with Gasteiger partial charge in [-0.2, -0.15) is 0 Å². The molecule has 5 nitrogen and oxygen atoms in total. The second-order valence-electron chi connectivity index (χ2n) is 7.42. The van der Waals surface area contributed by atoms with Crippen molar-refractivity contribution in [2.75, 3.05) is 25.5 Å². The minimum Gasteiger partial charge on any atom is -0.341 e. The van der Waals surface area contributed by atoms with Gasteiger partial charge in [-0.25, -0.2) is 0 Å². The topological polar surface area (TPSA) is 75.4 Å². The van der Waals surface area contributed by atoms with E-state index in [1.165, 1.54) is 0 Å². The van der Waals surface area contributed by atoms with Crippen molar-refractivity contribution in [3.05, 3.63) is 29.8 Å². The van der Waals surface area contributed by atoms with Gasteiger partial charge < -0.3 is 16.0 Å². The van der Waals surface area contributed by atoms with Crippen LogP contribution in [0.3, 0.4) is 0 Å². The molecule has 0 bridgehead atoms. The van der Waals surface area contributed by atoms with E-state index in [-0.39, 0.29) is 23.1 Å². The Balaban J connectivity index is 1.95. The van der Waals surface area contributed by atoms with Crippen LogP contribution in [0.25, 0.3) is 0 Å². The standard InChI is InChI=1S/C18H27N3O2/c1-12-9-15(12)16(22)20-14-7-5-13(6-8-14)17(23)21(4)11-18(2,3)10-19/h5-8,12,15H,9-11,19H2,1-4H3,(H,20,22). The largest absolute Gasteiger partial charge is 0.341 e. The third-order valence-electron chi connectivity index (χ3n) is 4.41. The number of amides is 2. The molecule has 1 saturated carbocycles. The van der Waals surface area contributed by atoms with Crippen LogP contribution in [0.15, 0.2) is 24.3 Å². The number of benzene rings is 1. The first-order valence-corrected chi connectivity index (χ1v) is 8.10. The summed E-state index contributed by atoms with van der Waals surface area (Å²) >= 11 is 0. The van der Waals surface area contributed by atoms with Gasteiger partial charge in [0.25, 0.3) is 5.91 Å². The van der Waals surface area contributed by atoms with Crippen LogP contribution in [0.4, 0.5) is 5.69 Å². The number of rotatable bonds is 6. The van der Waals surface area contributed by atoms with Gasteiger partial charge in [-0.1, -0.05) is 20.8 Å². The van der Waals surface area contributed by atoms with Crippen LogP contribution < -0.4 is 11.1 Å². The van der Waals surface area contributed by atoms with Gasteiger partial charge in [0.15, 0.2) is 0 Å². The summed E-state index contributed by atoms with van der Waals surface area (Å²) < 4.78 is 0. The molecule has 2 atom stereocenters. The molecule has 0 spiro atoms. The Bertz CT molecular complexity index is 580. The summed E-state index contributed by atoms with van der Waals surface area (Å²) in [5.74, 6) is 0.648. The predicted molar refractivity (Wildman–Crippen MR) is 92.1 cm³/mol. The van der Waals surface area contributed by atoms with E-state index in [1.54, 1.807) is 36.2 Å². The molecule has 3 N–H and O–H groups in total. The second-order valence-corrected chi connectivity index (χ2v) is 7.42. The molecule has 0 aliphatic heterocycles. The summed E-state index contributed by atoms with van der Waals surface area (Å²) in [4.78, 5) is 26.0. The normalized spacial score (nSPS) is 20.0. The number of hydrogen-bond acceptors (Lipinski definition) is 3. The zero-order valence-electron chi connectivity index (χ0n) is 14.4. The maximum Gasteiger partial charge on any atom is 0.253 e. The highest BCUT2D eigenvalue weighted by molar-refractivity contribution is 5.96. The van der Waals surface area contributed by atoms with Crippen molar-refractivity contribution in [3.63, 3.8) is 0 Å². The van der Waals surface area contributed by atoms with Gasteiger partial charge in [-0.05, 0) is 48.6 Å². The van der Waals surface area contributed by atoms with Crippen molar-refractivity contribution in [2.24, 2.45) is 23.0 Å². The van der Waals surface area contributed by atoms with Crippen LogP contribution in [0, 0.1) is 17.3 Å². The van der Waals surface area contributed by atoms with Crippen LogP contribution in [0.1, 0.15) is 37.6 Å². The minimum absolute atomic E-state index is 0.0415. The van der Waals surface area contributed by atoms with E-state index in [9.17, 15) is 9.59 Å². The molecule has 1 aromatic rings. The first kappa shape index (κ1) is 17.5. The number of carbonyl (C=O) groups is 2. The smallest absolute Gasteiger partial charge is 0.253 e. The number of anilines is 1. The predicted octanol–water partition coefficient (Wildman–Crippen LogP) is 2.34. The molecule has 0 radical (unpaired) electrons. The van der Waals surface area contributed by atoms with Gasteiger partial charge >= 0.3 is 0 Å². The highest BCUT2D eigenvalue weighted by Crippen LogP contribution is 2.38. The molecule has 1 aliphatic carbocycles. The monoisotopic (exact) mass is 317 g/mol. The van der Waals surface area contributed by atoms with Crippen molar-refractivity contribution < 1.29 is 9.59 Å². The zero-order chi connectivity index (χ0) is 17.2. The molecule has 2 rings (SSSR count). The van der Waals surface area contributed by atoms with Crippen LogP contribution in [-0.2, 0) is 4.79 Å². The van der Waals surface area contributed by atoms with E-state index in [0.29, 0.717) is 24.6 Å². The number of nitrogens with two attached hydrogens (primary N) is 1. The van der Waals surface area contributed by atoms with Gasteiger partial charge in [0.05, 0.1) is 0 Å². The van der Waals surface area contributed by atoms with E-state index in [4.69, 9.17) is 5.73 Å². The molecular weight excluding hydrogens is 290 g/mol. The molecule has 2 unspecified atom stereocenters. The number of nitrogens with one attached hydrogen (secondary N) is 1. The molecule has 2 amide bonds. The molecule has 1 aliphatic rings. The fraction of sp³-hybridized carbons (Fsp3) is 0.556. The fourth-order valence-corrected chi connectivity index (χ4v) is 2.62. The lowest BCUT2D eigenvalue weighted by molar-refractivity contribution is -0.117. The maximum absolute atomic E-state index is 12.4. The van der Waals surface area contributed by atoms with Crippen molar-refractivity contribution >= 4 is 17.5 Å². The molecule has 5 heteroatoms. The summed E-state index contributed by atoms with van der Waals surface area (Å²) in [5.41, 5.74) is 6.95. The summed E-state index contributed by atoms with van der Waals surface area (Å²) in [6.07, 6.45) is 0.962. The highest BCUT2D eigenvalue weighted by Gasteiger charge is 2.39. The van der Waals surface area contributed by atoms with E-state index in [2.05, 4.69) is 12.2 Å². The van der Waals surface area contributed by atoms with Gasteiger partial charge in [-0.3, -0.25) is 9.59 Å². The van der Waals surface area contributed by atoms with Gasteiger partial charge in [0, 0.05) is 30.8 Å². The minimum atomic E-state index is -0.112. The summed E-state index contributed by atoms with van der Waals surface area (Å²) in [5, 5.41) is 2.90. The van der Waals surface area contributed by atoms with E-state index in [0.717, 1.165) is 12.1 Å². The van der Waals surface area contributed by atoms with Crippen LogP contribution >= 0.6 is 0 Å². The Morgan fingerprint density at radius 2 is 1.87 bits per heavy atom. The fourth-order valence-electron chi connectivity index (χ4n) is 2.62. The van der Waals surface area contributed by atoms with Crippen molar-refractivity contribution in [2.45, 2.75) is 27.2 Å². The second kappa shape index (κ2) is 6.71. The summed E-state index contributed by atoms with van der Waals surface area (Å²) in [6.45, 7) is 7.27. The van der Waals surface area contributed by atoms with Crippen LogP contribution in [-0.4, -0.2) is 36.9 Å². The lowest BCUT2D eigenvalue weighted by Gasteiger charge is -2.29. The van der Waals surface area contributed by atoms with E-state index >= 15 is 0 Å². The zero-order valence-corrected chi connectivity index (χ0v) is 14.4. The Labute approximate surface area is 138 Å². The molecule has 126 valence electrons. The maximum atomic E-state index is 12.4. The molecule has 0 aromatic heterocycles. The molecule has 1 fully saturated rings. The Morgan fingerprint density at radius 1 is 1.30 bits per heavy atom. The van der Waals surface area contributed by atoms with Gasteiger partial charge in [0.2, 0.25) is 5.91 Å². The summed E-state index contributed by atoms with van der Waals surface area (Å²) in [6, 6.07) is 7.06. The summed E-state index contributed by atoms with van der Waals surface area (Å²) in [7, 11) is 1.78. The van der Waals surface area contributed by atoms with Crippen LogP contribution in [0.2, 0.25) is 0 Å². The van der Waals surface area contributed by atoms with Crippen LogP contribution in [0.5, 0.6) is 0 Å². The van der Waals surface area contributed by atoms with E-state index < -0.39 is 0 Å². The lowest BCUT2D eigenvalue weighted by Crippen LogP contribution is -2.39. The van der Waals surface area contributed by atoms with Gasteiger partial charge in [0.1, 0.15) is 0 Å². The van der Waals surface area contributed by atoms with Gasteiger partial charge in [-0.15, -0.1) is 0 Å². The molecular formula is C18H27N3O2. The number of nitrogens with zero attached hydrogens (tertiary/aromatic N) is 1. The molecule has 1 aromatic carbocycles. The Morgan fingerprint density at radius 3 is 2.35 bits per heavy atom. The Kier molecular flexibility index (Phi) is 5.09. The first-order chi connectivity index (χ1) is 10.7. The van der Waals surface area contributed by atoms with Crippen molar-refractivity contribution in [1.82, 2.24) is 4.90 Å². The van der Waals surface area contributed by atoms with Crippen molar-refractivity contribution in [1.29, 1.82) is 0 Å². The highest BCUT2D eigenvalue weighted by atomic mass is 16.2. The van der Waals surface area contributed by atoms with E-state index in [1.807, 2.05) is 13.8 Å². The average molecular weight is 317 g/mol. The quantitative estimate of drug-likeness (QED) is 0.845. The SMILES string of the molecule is CC1CC1C(=O)Nc1ccc(C(=O)N(C)CC(C)(C)CN)cc1. The molecule has 23 heavy (non-hydrogen) atoms. The average Bonchev–Trinajstić information content (AvgIpc) is 3.24. The van der Waals surface area contributed by atoms with Crippen molar-refractivity contribution in [3.8, 4) is 0 Å². The lowest BCUT2D eigenvalue weighted by atomic mass is 9.93.